The van der Waals surface area contributed by atoms with E-state index in [-0.39, 0.29) is 30.3 Å². The van der Waals surface area contributed by atoms with Crippen LogP contribution in [-0.2, 0) is 14.3 Å². The van der Waals surface area contributed by atoms with E-state index in [1.807, 2.05) is 13.8 Å². The molecule has 0 aliphatic carbocycles. The van der Waals surface area contributed by atoms with Gasteiger partial charge in [-0.15, -0.1) is 0 Å². The van der Waals surface area contributed by atoms with E-state index < -0.39 is 5.41 Å². The van der Waals surface area contributed by atoms with E-state index in [1.165, 1.54) is 0 Å². The van der Waals surface area contributed by atoms with Crippen molar-refractivity contribution in [2.75, 3.05) is 19.8 Å². The fourth-order valence-electron chi connectivity index (χ4n) is 1.81. The number of carbonyl (C=O) groups is 2. The van der Waals surface area contributed by atoms with Crippen LogP contribution in [-0.4, -0.2) is 43.7 Å². The number of hydrogen-bond acceptors (Lipinski definition) is 4. The Morgan fingerprint density at radius 2 is 2.17 bits per heavy atom. The highest BCUT2D eigenvalue weighted by Gasteiger charge is 2.44. The fraction of sp³-hybridized carbons (Fsp3) is 0.833. The minimum Gasteiger partial charge on any atom is -0.379 e. The number of ether oxygens (including phenoxy) is 1. The molecule has 0 saturated carbocycles. The molecule has 1 rings (SSSR count). The van der Waals surface area contributed by atoms with Gasteiger partial charge in [0.05, 0.1) is 18.6 Å². The van der Waals surface area contributed by atoms with Crippen molar-refractivity contribution in [1.29, 1.82) is 0 Å². The Morgan fingerprint density at radius 1 is 1.50 bits per heavy atom. The number of hydrogen-bond donors (Lipinski definition) is 3. The van der Waals surface area contributed by atoms with Crippen LogP contribution in [0.15, 0.2) is 0 Å². The third-order valence-corrected chi connectivity index (χ3v) is 3.12. The fourth-order valence-corrected chi connectivity index (χ4v) is 1.81. The standard InChI is InChI=1S/C12H23N3O3/c1-8(2)15-10(16)4-5-14-11(17)12(3)7-18-6-9(12)13/h8-9H,4-7,13H2,1-3H3,(H,14,17)(H,15,16). The Labute approximate surface area is 108 Å². The van der Waals surface area contributed by atoms with Crippen molar-refractivity contribution in [3.8, 4) is 0 Å². The summed E-state index contributed by atoms with van der Waals surface area (Å²) in [5.74, 6) is -0.215. The van der Waals surface area contributed by atoms with Gasteiger partial charge in [-0.25, -0.2) is 0 Å². The van der Waals surface area contributed by atoms with Gasteiger partial charge in [0.1, 0.15) is 0 Å². The van der Waals surface area contributed by atoms with Crippen LogP contribution in [0.25, 0.3) is 0 Å². The highest BCUT2D eigenvalue weighted by molar-refractivity contribution is 5.84. The molecule has 2 atom stereocenters. The molecule has 104 valence electrons. The summed E-state index contributed by atoms with van der Waals surface area (Å²) in [4.78, 5) is 23.4. The van der Waals surface area contributed by atoms with Crippen LogP contribution in [0.1, 0.15) is 27.2 Å². The van der Waals surface area contributed by atoms with Gasteiger partial charge in [-0.1, -0.05) is 0 Å². The average molecular weight is 257 g/mol. The normalized spacial score (nSPS) is 27.3. The molecule has 1 aliphatic heterocycles. The zero-order valence-corrected chi connectivity index (χ0v) is 11.3. The van der Waals surface area contributed by atoms with Crippen LogP contribution in [0, 0.1) is 5.41 Å². The summed E-state index contributed by atoms with van der Waals surface area (Å²) in [5.41, 5.74) is 5.16. The Morgan fingerprint density at radius 3 is 2.67 bits per heavy atom. The van der Waals surface area contributed by atoms with E-state index in [4.69, 9.17) is 10.5 Å². The van der Waals surface area contributed by atoms with E-state index >= 15 is 0 Å². The lowest BCUT2D eigenvalue weighted by atomic mass is 9.85. The van der Waals surface area contributed by atoms with Crippen molar-refractivity contribution < 1.29 is 14.3 Å². The lowest BCUT2D eigenvalue weighted by Gasteiger charge is -2.25. The van der Waals surface area contributed by atoms with E-state index in [1.54, 1.807) is 6.92 Å². The highest BCUT2D eigenvalue weighted by atomic mass is 16.5. The monoisotopic (exact) mass is 257 g/mol. The SMILES string of the molecule is CC(C)NC(=O)CCNC(=O)C1(C)COCC1N. The van der Waals surface area contributed by atoms with Gasteiger partial charge in [0.2, 0.25) is 11.8 Å². The van der Waals surface area contributed by atoms with Gasteiger partial charge in [-0.2, -0.15) is 0 Å². The van der Waals surface area contributed by atoms with Gasteiger partial charge >= 0.3 is 0 Å². The second-order valence-electron chi connectivity index (χ2n) is 5.27. The molecule has 1 heterocycles. The van der Waals surface area contributed by atoms with Gasteiger partial charge in [0.25, 0.3) is 0 Å². The van der Waals surface area contributed by atoms with Gasteiger partial charge in [-0.05, 0) is 20.8 Å². The van der Waals surface area contributed by atoms with Crippen LogP contribution in [0.5, 0.6) is 0 Å². The van der Waals surface area contributed by atoms with E-state index in [0.717, 1.165) is 0 Å². The maximum atomic E-state index is 12.0. The van der Waals surface area contributed by atoms with Crippen LogP contribution < -0.4 is 16.4 Å². The second-order valence-corrected chi connectivity index (χ2v) is 5.27. The summed E-state index contributed by atoms with van der Waals surface area (Å²) in [6.07, 6.45) is 0.274. The zero-order chi connectivity index (χ0) is 13.8. The molecule has 0 spiro atoms. The molecular formula is C12H23N3O3. The molecule has 4 N–H and O–H groups in total. The summed E-state index contributed by atoms with van der Waals surface area (Å²) in [7, 11) is 0. The van der Waals surface area contributed by atoms with Crippen molar-refractivity contribution >= 4 is 11.8 Å². The quantitative estimate of drug-likeness (QED) is 0.612. The summed E-state index contributed by atoms with van der Waals surface area (Å²) in [6.45, 7) is 6.63. The molecular weight excluding hydrogens is 234 g/mol. The topological polar surface area (TPSA) is 93.5 Å². The van der Waals surface area contributed by atoms with Crippen LogP contribution in [0.4, 0.5) is 0 Å². The predicted molar refractivity (Wildman–Crippen MR) is 67.8 cm³/mol. The number of nitrogens with one attached hydrogen (secondary N) is 2. The van der Waals surface area contributed by atoms with Gasteiger partial charge < -0.3 is 21.1 Å². The molecule has 18 heavy (non-hydrogen) atoms. The third-order valence-electron chi connectivity index (χ3n) is 3.12. The number of nitrogens with two attached hydrogens (primary N) is 1. The molecule has 2 unspecified atom stereocenters. The number of carbonyl (C=O) groups excluding carboxylic acids is 2. The smallest absolute Gasteiger partial charge is 0.229 e. The lowest BCUT2D eigenvalue weighted by Crippen LogP contribution is -2.50. The lowest BCUT2D eigenvalue weighted by molar-refractivity contribution is -0.130. The first kappa shape index (κ1) is 14.9. The van der Waals surface area contributed by atoms with Crippen LogP contribution >= 0.6 is 0 Å². The van der Waals surface area contributed by atoms with Crippen molar-refractivity contribution in [3.05, 3.63) is 0 Å². The van der Waals surface area contributed by atoms with Crippen molar-refractivity contribution in [1.82, 2.24) is 10.6 Å². The van der Waals surface area contributed by atoms with E-state index in [2.05, 4.69) is 10.6 Å². The van der Waals surface area contributed by atoms with E-state index in [0.29, 0.717) is 19.8 Å². The molecule has 0 bridgehead atoms. The van der Waals surface area contributed by atoms with Crippen molar-refractivity contribution in [2.24, 2.45) is 11.1 Å². The minimum absolute atomic E-state index is 0.0672. The summed E-state index contributed by atoms with van der Waals surface area (Å²) in [6, 6.07) is -0.177. The Balaban J connectivity index is 2.31. The van der Waals surface area contributed by atoms with Crippen LogP contribution in [0.3, 0.4) is 0 Å². The molecule has 1 fully saturated rings. The number of rotatable bonds is 5. The predicted octanol–water partition coefficient (Wildman–Crippen LogP) is -0.619. The first-order chi connectivity index (χ1) is 8.36. The zero-order valence-electron chi connectivity index (χ0n) is 11.3. The summed E-state index contributed by atoms with van der Waals surface area (Å²) >= 11 is 0. The first-order valence-corrected chi connectivity index (χ1v) is 6.27. The molecule has 2 amide bonds. The van der Waals surface area contributed by atoms with Crippen molar-refractivity contribution in [3.63, 3.8) is 0 Å². The number of amides is 2. The Hall–Kier alpha value is -1.14. The molecule has 1 saturated heterocycles. The Kier molecular flexibility index (Phi) is 5.10. The largest absolute Gasteiger partial charge is 0.379 e. The minimum atomic E-state index is -0.686. The maximum absolute atomic E-state index is 12.0. The maximum Gasteiger partial charge on any atom is 0.229 e. The van der Waals surface area contributed by atoms with E-state index in [9.17, 15) is 9.59 Å². The second kappa shape index (κ2) is 6.15. The molecule has 0 aromatic carbocycles. The Bertz CT molecular complexity index is 320. The molecule has 0 radical (unpaired) electrons. The average Bonchev–Trinajstić information content (AvgIpc) is 2.59. The molecule has 6 heteroatoms. The molecule has 6 nitrogen and oxygen atoms in total. The van der Waals surface area contributed by atoms with Gasteiger partial charge in [0, 0.05) is 25.0 Å². The van der Waals surface area contributed by atoms with Gasteiger partial charge in [0.15, 0.2) is 0 Å². The van der Waals surface area contributed by atoms with Crippen molar-refractivity contribution in [2.45, 2.75) is 39.3 Å². The van der Waals surface area contributed by atoms with Gasteiger partial charge in [-0.3, -0.25) is 9.59 Å². The molecule has 1 aliphatic rings. The molecule has 0 aromatic rings. The van der Waals surface area contributed by atoms with Crippen LogP contribution in [0.2, 0.25) is 0 Å². The third kappa shape index (κ3) is 3.68. The highest BCUT2D eigenvalue weighted by Crippen LogP contribution is 2.26. The molecule has 0 aromatic heterocycles. The first-order valence-electron chi connectivity index (χ1n) is 6.27. The summed E-state index contributed by atoms with van der Waals surface area (Å²) < 4.78 is 5.21. The summed E-state index contributed by atoms with van der Waals surface area (Å²) in [5, 5.41) is 5.50.